The van der Waals surface area contributed by atoms with E-state index in [9.17, 15) is 4.79 Å². The molecule has 0 saturated carbocycles. The Morgan fingerprint density at radius 3 is 2.68 bits per heavy atom. The van der Waals surface area contributed by atoms with E-state index < -0.39 is 5.82 Å². The first-order chi connectivity index (χ1) is 18.0. The zero-order valence-electron chi connectivity index (χ0n) is 20.5. The summed E-state index contributed by atoms with van der Waals surface area (Å²) in [5.74, 6) is 0.336. The second-order valence-corrected chi connectivity index (χ2v) is 8.93. The van der Waals surface area contributed by atoms with Gasteiger partial charge in [0, 0.05) is 43.9 Å². The fourth-order valence-electron chi connectivity index (χ4n) is 4.64. The number of hydrogen-bond donors (Lipinski definition) is 3. The largest absolute Gasteiger partial charge is 0.378 e. The minimum absolute atomic E-state index is 0.163. The fourth-order valence-corrected chi connectivity index (χ4v) is 4.64. The number of aryl methyl sites for hydroxylation is 1. The third kappa shape index (κ3) is 4.18. The van der Waals surface area contributed by atoms with Crippen LogP contribution in [0.3, 0.4) is 0 Å². The SMILES string of the molecule is CCn1cc2[nH]c(=O)c(-c3nc4c(F)cc(N5CCOCC5)cc4[nH]3)c(N[C@@H](C)c3ncccn3)c2n1. The average molecular weight is 504 g/mol. The molecule has 5 heterocycles. The summed E-state index contributed by atoms with van der Waals surface area (Å²) in [7, 11) is 0. The van der Waals surface area contributed by atoms with Crippen molar-refractivity contribution in [2.75, 3.05) is 36.5 Å². The summed E-state index contributed by atoms with van der Waals surface area (Å²) < 4.78 is 22.4. The van der Waals surface area contributed by atoms with Crippen molar-refractivity contribution in [2.24, 2.45) is 0 Å². The lowest BCUT2D eigenvalue weighted by Crippen LogP contribution is -2.36. The number of aromatic amines is 2. The number of H-pyrrole nitrogens is 2. The fraction of sp³-hybridized carbons (Fsp3) is 0.320. The Kier molecular flexibility index (Phi) is 5.80. The predicted octanol–water partition coefficient (Wildman–Crippen LogP) is 3.23. The molecular formula is C25H26FN9O2. The van der Waals surface area contributed by atoms with Gasteiger partial charge in [-0.15, -0.1) is 0 Å². The molecule has 1 fully saturated rings. The highest BCUT2D eigenvalue weighted by molar-refractivity contribution is 5.97. The zero-order valence-corrected chi connectivity index (χ0v) is 20.5. The van der Waals surface area contributed by atoms with Crippen molar-refractivity contribution in [1.82, 2.24) is 34.7 Å². The second-order valence-electron chi connectivity index (χ2n) is 8.93. The number of morpholine rings is 1. The van der Waals surface area contributed by atoms with Crippen LogP contribution in [0, 0.1) is 5.82 Å². The predicted molar refractivity (Wildman–Crippen MR) is 138 cm³/mol. The normalized spacial score (nSPS) is 14.9. The van der Waals surface area contributed by atoms with Gasteiger partial charge < -0.3 is 24.9 Å². The number of ether oxygens (including phenoxy) is 1. The molecular weight excluding hydrogens is 477 g/mol. The third-order valence-electron chi connectivity index (χ3n) is 6.52. The first kappa shape index (κ1) is 23.1. The van der Waals surface area contributed by atoms with E-state index in [1.54, 1.807) is 29.3 Å². The Hall–Kier alpha value is -4.32. The second kappa shape index (κ2) is 9.28. The van der Waals surface area contributed by atoms with Crippen LogP contribution in [0.5, 0.6) is 0 Å². The Morgan fingerprint density at radius 1 is 1.14 bits per heavy atom. The Balaban J connectivity index is 1.50. The number of nitrogens with zero attached hydrogens (tertiary/aromatic N) is 6. The molecule has 12 heteroatoms. The molecule has 0 radical (unpaired) electrons. The number of nitrogens with one attached hydrogen (secondary N) is 3. The zero-order chi connectivity index (χ0) is 25.5. The van der Waals surface area contributed by atoms with Crippen molar-refractivity contribution in [3.05, 3.63) is 58.8 Å². The summed E-state index contributed by atoms with van der Waals surface area (Å²) in [4.78, 5) is 34.7. The minimum Gasteiger partial charge on any atom is -0.378 e. The standard InChI is InChI=1S/C25H26FN9O2/c1-3-35-13-18-21(33-35)22(29-14(2)23-27-5-4-6-28-23)19(25(36)31-18)24-30-17-12-15(11-16(26)20(17)32-24)34-7-9-37-10-8-34/h4-6,11-14,29H,3,7-10H2,1-2H3,(H,30,32)(H,31,36)/t14-/m0/s1. The first-order valence-corrected chi connectivity index (χ1v) is 12.2. The van der Waals surface area contributed by atoms with Crippen molar-refractivity contribution in [2.45, 2.75) is 26.4 Å². The van der Waals surface area contributed by atoms with Gasteiger partial charge in [-0.3, -0.25) is 9.48 Å². The number of benzene rings is 1. The number of anilines is 2. The molecule has 0 amide bonds. The van der Waals surface area contributed by atoms with E-state index >= 15 is 4.39 Å². The molecule has 0 aliphatic carbocycles. The van der Waals surface area contributed by atoms with Gasteiger partial charge in [0.05, 0.1) is 36.0 Å². The van der Waals surface area contributed by atoms with Crippen LogP contribution in [0.15, 0.2) is 41.6 Å². The smallest absolute Gasteiger partial charge is 0.261 e. The van der Waals surface area contributed by atoms with Crippen molar-refractivity contribution < 1.29 is 9.13 Å². The highest BCUT2D eigenvalue weighted by atomic mass is 19.1. The van der Waals surface area contributed by atoms with Crippen molar-refractivity contribution >= 4 is 33.4 Å². The molecule has 1 atom stereocenters. The molecule has 1 aliphatic heterocycles. The van der Waals surface area contributed by atoms with Gasteiger partial charge in [-0.2, -0.15) is 5.10 Å². The molecule has 6 rings (SSSR count). The lowest BCUT2D eigenvalue weighted by Gasteiger charge is -2.28. The molecule has 190 valence electrons. The highest BCUT2D eigenvalue weighted by Crippen LogP contribution is 2.33. The topological polar surface area (TPSA) is 130 Å². The van der Waals surface area contributed by atoms with Gasteiger partial charge in [0.25, 0.3) is 5.56 Å². The van der Waals surface area contributed by atoms with E-state index in [1.165, 1.54) is 6.07 Å². The van der Waals surface area contributed by atoms with Crippen LogP contribution in [0.25, 0.3) is 33.5 Å². The van der Waals surface area contributed by atoms with E-state index in [0.29, 0.717) is 60.9 Å². The van der Waals surface area contributed by atoms with Gasteiger partial charge in [0.2, 0.25) is 0 Å². The van der Waals surface area contributed by atoms with E-state index in [1.807, 2.05) is 19.9 Å². The van der Waals surface area contributed by atoms with E-state index in [-0.39, 0.29) is 28.5 Å². The van der Waals surface area contributed by atoms with Gasteiger partial charge in [0.15, 0.2) is 5.82 Å². The van der Waals surface area contributed by atoms with Crippen LogP contribution in [-0.2, 0) is 11.3 Å². The Labute approximate surface area is 210 Å². The van der Waals surface area contributed by atoms with E-state index in [2.05, 4.69) is 40.2 Å². The van der Waals surface area contributed by atoms with Crippen LogP contribution in [0.4, 0.5) is 15.8 Å². The van der Waals surface area contributed by atoms with Crippen molar-refractivity contribution in [3.63, 3.8) is 0 Å². The van der Waals surface area contributed by atoms with Crippen LogP contribution in [0.1, 0.15) is 25.7 Å². The molecule has 11 nitrogen and oxygen atoms in total. The van der Waals surface area contributed by atoms with Gasteiger partial charge in [-0.1, -0.05) is 0 Å². The molecule has 0 unspecified atom stereocenters. The summed E-state index contributed by atoms with van der Waals surface area (Å²) in [6.45, 7) is 7.02. The highest BCUT2D eigenvalue weighted by Gasteiger charge is 2.24. The maximum atomic E-state index is 15.2. The summed E-state index contributed by atoms with van der Waals surface area (Å²) in [5.41, 5.74) is 2.88. The molecule has 1 aromatic carbocycles. The Bertz CT molecular complexity index is 1640. The molecule has 4 aromatic heterocycles. The maximum Gasteiger partial charge on any atom is 0.261 e. The number of fused-ring (bicyclic) bond motifs is 2. The van der Waals surface area contributed by atoms with E-state index in [0.717, 1.165) is 5.69 Å². The van der Waals surface area contributed by atoms with E-state index in [4.69, 9.17) is 4.74 Å². The summed E-state index contributed by atoms with van der Waals surface area (Å²) >= 11 is 0. The lowest BCUT2D eigenvalue weighted by molar-refractivity contribution is 0.122. The average Bonchev–Trinajstić information content (AvgIpc) is 3.54. The molecule has 1 saturated heterocycles. The van der Waals surface area contributed by atoms with Crippen LogP contribution < -0.4 is 15.8 Å². The molecule has 1 aliphatic rings. The van der Waals surface area contributed by atoms with Gasteiger partial charge in [-0.05, 0) is 32.0 Å². The maximum absolute atomic E-state index is 15.2. The van der Waals surface area contributed by atoms with Gasteiger partial charge in [0.1, 0.15) is 28.2 Å². The molecule has 3 N–H and O–H groups in total. The van der Waals surface area contributed by atoms with Crippen molar-refractivity contribution in [3.8, 4) is 11.4 Å². The summed E-state index contributed by atoms with van der Waals surface area (Å²) in [6.07, 6.45) is 5.10. The summed E-state index contributed by atoms with van der Waals surface area (Å²) in [5, 5.41) is 8.03. The molecule has 0 spiro atoms. The third-order valence-corrected chi connectivity index (χ3v) is 6.52. The monoisotopic (exact) mass is 503 g/mol. The van der Waals surface area contributed by atoms with Crippen molar-refractivity contribution in [1.29, 1.82) is 0 Å². The van der Waals surface area contributed by atoms with Crippen LogP contribution >= 0.6 is 0 Å². The number of halogens is 1. The molecule has 5 aromatic rings. The number of pyridine rings is 1. The number of hydrogen-bond acceptors (Lipinski definition) is 8. The van der Waals surface area contributed by atoms with Crippen LogP contribution in [-0.4, -0.2) is 61.0 Å². The minimum atomic E-state index is -0.463. The number of aromatic nitrogens is 7. The number of imidazole rings is 1. The first-order valence-electron chi connectivity index (χ1n) is 12.2. The number of rotatable bonds is 6. The molecule has 37 heavy (non-hydrogen) atoms. The van der Waals surface area contributed by atoms with Gasteiger partial charge in [-0.25, -0.2) is 19.3 Å². The van der Waals surface area contributed by atoms with Crippen LogP contribution in [0.2, 0.25) is 0 Å². The lowest BCUT2D eigenvalue weighted by atomic mass is 10.1. The van der Waals surface area contributed by atoms with Gasteiger partial charge >= 0.3 is 0 Å². The molecule has 0 bridgehead atoms. The Morgan fingerprint density at radius 2 is 1.92 bits per heavy atom. The summed E-state index contributed by atoms with van der Waals surface area (Å²) in [6, 6.07) is 4.73. The quantitative estimate of drug-likeness (QED) is 0.322.